The molecule has 0 saturated heterocycles. The number of nitrogens with zero attached hydrogens (tertiary/aromatic N) is 1. The predicted octanol–water partition coefficient (Wildman–Crippen LogP) is 5.55. The number of nitrogens with one attached hydrogen (secondary N) is 2. The van der Waals surface area contributed by atoms with E-state index in [2.05, 4.69) is 15.6 Å². The Kier molecular flexibility index (Phi) is 6.46. The van der Waals surface area contributed by atoms with Crippen molar-refractivity contribution < 1.29 is 9.59 Å². The third-order valence-corrected chi connectivity index (χ3v) is 6.93. The number of hydrogen-bond acceptors (Lipinski definition) is 5. The normalized spacial score (nSPS) is 14.6. The van der Waals surface area contributed by atoms with E-state index in [1.807, 2.05) is 48.5 Å². The summed E-state index contributed by atoms with van der Waals surface area (Å²) < 4.78 is 1.05. The van der Waals surface area contributed by atoms with E-state index in [4.69, 9.17) is 0 Å². The van der Waals surface area contributed by atoms with Gasteiger partial charge in [-0.15, -0.1) is 11.8 Å². The number of thioether (sulfide) groups is 1. The molecule has 1 aromatic heterocycles. The molecule has 0 unspecified atom stereocenters. The molecule has 0 aliphatic heterocycles. The number of carbonyl (C=O) groups is 2. The van der Waals surface area contributed by atoms with Gasteiger partial charge in [-0.3, -0.25) is 9.59 Å². The van der Waals surface area contributed by atoms with Crippen LogP contribution in [-0.2, 0) is 9.59 Å². The molecule has 1 aliphatic rings. The van der Waals surface area contributed by atoms with Crippen molar-refractivity contribution in [3.05, 3.63) is 48.5 Å². The third kappa shape index (κ3) is 5.36. The van der Waals surface area contributed by atoms with Gasteiger partial charge in [0.05, 0.1) is 16.0 Å². The fourth-order valence-corrected chi connectivity index (χ4v) is 5.14. The summed E-state index contributed by atoms with van der Waals surface area (Å²) in [7, 11) is 0. The number of carbonyl (C=O) groups excluding carboxylic acids is 2. The molecule has 1 heterocycles. The molecule has 2 aromatic carbocycles. The summed E-state index contributed by atoms with van der Waals surface area (Å²) >= 11 is 2.92. The number of rotatable bonds is 6. The molecule has 1 saturated carbocycles. The highest BCUT2D eigenvalue weighted by atomic mass is 32.2. The Balaban J connectivity index is 1.30. The van der Waals surface area contributed by atoms with Gasteiger partial charge in [0.2, 0.25) is 11.8 Å². The summed E-state index contributed by atoms with van der Waals surface area (Å²) in [6, 6.07) is 15.5. The smallest absolute Gasteiger partial charge is 0.236 e. The number of thiazole rings is 1. The average Bonchev–Trinajstić information content (AvgIpc) is 3.15. The quantitative estimate of drug-likeness (QED) is 0.508. The van der Waals surface area contributed by atoms with Crippen molar-refractivity contribution in [1.82, 2.24) is 4.98 Å². The van der Waals surface area contributed by atoms with Crippen LogP contribution in [0.2, 0.25) is 0 Å². The minimum atomic E-state index is -0.0919. The van der Waals surface area contributed by atoms with Crippen molar-refractivity contribution in [2.24, 2.45) is 5.92 Å². The van der Waals surface area contributed by atoms with Crippen LogP contribution in [0, 0.1) is 5.92 Å². The van der Waals surface area contributed by atoms with E-state index >= 15 is 0 Å². The largest absolute Gasteiger partial charge is 0.326 e. The van der Waals surface area contributed by atoms with E-state index in [-0.39, 0.29) is 23.5 Å². The molecule has 2 N–H and O–H groups in total. The van der Waals surface area contributed by atoms with Gasteiger partial charge in [0.15, 0.2) is 5.13 Å². The molecule has 1 aliphatic carbocycles. The molecule has 0 bridgehead atoms. The number of anilines is 2. The second kappa shape index (κ2) is 9.41. The molecule has 0 atom stereocenters. The summed E-state index contributed by atoms with van der Waals surface area (Å²) in [6.45, 7) is 0. The summed E-state index contributed by atoms with van der Waals surface area (Å²) in [5.74, 6) is 0.432. The van der Waals surface area contributed by atoms with E-state index < -0.39 is 0 Å². The maximum absolute atomic E-state index is 12.4. The van der Waals surface area contributed by atoms with Crippen molar-refractivity contribution >= 4 is 55.9 Å². The lowest BCUT2D eigenvalue weighted by Crippen LogP contribution is -2.24. The first kappa shape index (κ1) is 19.9. The Morgan fingerprint density at radius 3 is 2.69 bits per heavy atom. The Morgan fingerprint density at radius 2 is 1.86 bits per heavy atom. The number of para-hydroxylation sites is 1. The number of hydrogen-bond donors (Lipinski definition) is 2. The first-order valence-electron chi connectivity index (χ1n) is 9.86. The molecule has 2 amide bonds. The monoisotopic (exact) mass is 425 g/mol. The van der Waals surface area contributed by atoms with Crippen LogP contribution < -0.4 is 10.6 Å². The Bertz CT molecular complexity index is 979. The summed E-state index contributed by atoms with van der Waals surface area (Å²) in [5, 5.41) is 6.52. The number of benzene rings is 2. The van der Waals surface area contributed by atoms with Gasteiger partial charge in [-0.25, -0.2) is 4.98 Å². The summed E-state index contributed by atoms with van der Waals surface area (Å²) in [6.07, 6.45) is 5.46. The van der Waals surface area contributed by atoms with Crippen LogP contribution in [-0.4, -0.2) is 22.6 Å². The van der Waals surface area contributed by atoms with Gasteiger partial charge in [-0.05, 0) is 43.2 Å². The zero-order valence-corrected chi connectivity index (χ0v) is 17.7. The van der Waals surface area contributed by atoms with E-state index in [1.165, 1.54) is 29.5 Å². The molecule has 29 heavy (non-hydrogen) atoms. The van der Waals surface area contributed by atoms with Gasteiger partial charge in [0.25, 0.3) is 0 Å². The second-order valence-electron chi connectivity index (χ2n) is 7.18. The molecule has 150 valence electrons. The average molecular weight is 426 g/mol. The van der Waals surface area contributed by atoms with E-state index in [1.54, 1.807) is 0 Å². The molecule has 1 fully saturated rings. The van der Waals surface area contributed by atoms with Crippen LogP contribution in [0.4, 0.5) is 10.8 Å². The molecule has 3 aromatic rings. The molecular weight excluding hydrogens is 402 g/mol. The molecular formula is C22H23N3O2S2. The van der Waals surface area contributed by atoms with Gasteiger partial charge in [0.1, 0.15) is 0 Å². The fraction of sp³-hybridized carbons (Fsp3) is 0.318. The van der Waals surface area contributed by atoms with Gasteiger partial charge in [-0.1, -0.05) is 48.8 Å². The van der Waals surface area contributed by atoms with Crippen LogP contribution in [0.3, 0.4) is 0 Å². The summed E-state index contributed by atoms with van der Waals surface area (Å²) in [5.41, 5.74) is 1.68. The minimum Gasteiger partial charge on any atom is -0.326 e. The molecule has 7 heteroatoms. The Labute approximate surface area is 178 Å². The number of amides is 2. The molecule has 0 spiro atoms. The van der Waals surface area contributed by atoms with E-state index in [9.17, 15) is 9.59 Å². The van der Waals surface area contributed by atoms with Crippen molar-refractivity contribution in [2.45, 2.75) is 37.0 Å². The first-order valence-corrected chi connectivity index (χ1v) is 11.7. The van der Waals surface area contributed by atoms with Crippen molar-refractivity contribution in [2.75, 3.05) is 16.4 Å². The van der Waals surface area contributed by atoms with Gasteiger partial charge in [-0.2, -0.15) is 0 Å². The minimum absolute atomic E-state index is 0.0919. The topological polar surface area (TPSA) is 71.1 Å². The predicted molar refractivity (Wildman–Crippen MR) is 121 cm³/mol. The van der Waals surface area contributed by atoms with Crippen molar-refractivity contribution in [3.8, 4) is 0 Å². The maximum atomic E-state index is 12.4. The van der Waals surface area contributed by atoms with Gasteiger partial charge in [0, 0.05) is 16.5 Å². The lowest BCUT2D eigenvalue weighted by molar-refractivity contribution is -0.120. The highest BCUT2D eigenvalue weighted by molar-refractivity contribution is 8.00. The van der Waals surface area contributed by atoms with Gasteiger partial charge >= 0.3 is 0 Å². The Morgan fingerprint density at radius 1 is 1.03 bits per heavy atom. The third-order valence-electron chi connectivity index (χ3n) is 4.99. The number of fused-ring (bicyclic) bond motifs is 1. The molecule has 0 radical (unpaired) electrons. The zero-order chi connectivity index (χ0) is 20.1. The standard InChI is InChI=1S/C22H23N3O2S2/c26-20(25-22-24-18-11-4-5-12-19(18)29-22)14-28-17-10-6-9-16(13-17)23-21(27)15-7-2-1-3-8-15/h4-6,9-13,15H,1-3,7-8,14H2,(H,23,27)(H,24,25,26). The molecule has 4 rings (SSSR count). The highest BCUT2D eigenvalue weighted by Gasteiger charge is 2.21. The van der Waals surface area contributed by atoms with Crippen LogP contribution >= 0.6 is 23.1 Å². The van der Waals surface area contributed by atoms with Crippen molar-refractivity contribution in [1.29, 1.82) is 0 Å². The van der Waals surface area contributed by atoms with E-state index in [0.717, 1.165) is 46.5 Å². The van der Waals surface area contributed by atoms with Gasteiger partial charge < -0.3 is 10.6 Å². The lowest BCUT2D eigenvalue weighted by atomic mass is 9.88. The SMILES string of the molecule is O=C(CSc1cccc(NC(=O)C2CCCCC2)c1)Nc1nc2ccccc2s1. The molecule has 5 nitrogen and oxygen atoms in total. The van der Waals surface area contributed by atoms with Crippen LogP contribution in [0.25, 0.3) is 10.2 Å². The number of aromatic nitrogens is 1. The maximum Gasteiger partial charge on any atom is 0.236 e. The fourth-order valence-electron chi connectivity index (χ4n) is 3.50. The van der Waals surface area contributed by atoms with E-state index in [0.29, 0.717) is 5.13 Å². The highest BCUT2D eigenvalue weighted by Crippen LogP contribution is 2.28. The van der Waals surface area contributed by atoms with Crippen LogP contribution in [0.5, 0.6) is 0 Å². The lowest BCUT2D eigenvalue weighted by Gasteiger charge is -2.20. The zero-order valence-electron chi connectivity index (χ0n) is 16.0. The Hall–Kier alpha value is -2.38. The van der Waals surface area contributed by atoms with Crippen LogP contribution in [0.1, 0.15) is 32.1 Å². The summed E-state index contributed by atoms with van der Waals surface area (Å²) in [4.78, 5) is 30.1. The van der Waals surface area contributed by atoms with Crippen molar-refractivity contribution in [3.63, 3.8) is 0 Å². The van der Waals surface area contributed by atoms with Crippen LogP contribution in [0.15, 0.2) is 53.4 Å². The second-order valence-corrected chi connectivity index (χ2v) is 9.26. The first-order chi connectivity index (χ1) is 14.2.